The van der Waals surface area contributed by atoms with Crippen LogP contribution in [0.4, 0.5) is 8.78 Å². The van der Waals surface area contributed by atoms with Crippen LogP contribution in [0.5, 0.6) is 6.01 Å². The second-order valence-electron chi connectivity index (χ2n) is 5.64. The van der Waals surface area contributed by atoms with E-state index in [-0.39, 0.29) is 18.2 Å². The summed E-state index contributed by atoms with van der Waals surface area (Å²) in [5.74, 6) is 0. The summed E-state index contributed by atoms with van der Waals surface area (Å²) in [4.78, 5) is 8.35. The van der Waals surface area contributed by atoms with Crippen LogP contribution >= 0.6 is 0 Å². The standard InChI is InChI=1S/C17H17F2N5O/c1-10-8-20-17(21-11(10)2)25-9-15-12(3)24(23-22-15)14-6-4-5-13(7-14)16(18)19/h4-8,16H,9H2,1-3H3. The highest BCUT2D eigenvalue weighted by Gasteiger charge is 2.14. The molecule has 0 amide bonds. The molecule has 0 unspecified atom stereocenters. The zero-order valence-electron chi connectivity index (χ0n) is 14.1. The van der Waals surface area contributed by atoms with E-state index in [9.17, 15) is 8.78 Å². The number of ether oxygens (including phenoxy) is 1. The molecule has 1 aromatic carbocycles. The molecule has 0 fully saturated rings. The first-order chi connectivity index (χ1) is 12.0. The van der Waals surface area contributed by atoms with E-state index in [1.165, 1.54) is 16.8 Å². The van der Waals surface area contributed by atoms with Crippen molar-refractivity contribution in [3.8, 4) is 11.7 Å². The van der Waals surface area contributed by atoms with Crippen LogP contribution in [0.2, 0.25) is 0 Å². The number of rotatable bonds is 5. The first kappa shape index (κ1) is 16.9. The molecular weight excluding hydrogens is 328 g/mol. The van der Waals surface area contributed by atoms with Gasteiger partial charge in [0.1, 0.15) is 12.3 Å². The first-order valence-electron chi connectivity index (χ1n) is 7.68. The Morgan fingerprint density at radius 2 is 2.00 bits per heavy atom. The largest absolute Gasteiger partial charge is 0.457 e. The van der Waals surface area contributed by atoms with Crippen LogP contribution in [-0.2, 0) is 6.61 Å². The summed E-state index contributed by atoms with van der Waals surface area (Å²) in [5, 5.41) is 8.10. The monoisotopic (exact) mass is 345 g/mol. The van der Waals surface area contributed by atoms with Crippen molar-refractivity contribution in [2.75, 3.05) is 0 Å². The average molecular weight is 345 g/mol. The lowest BCUT2D eigenvalue weighted by atomic mass is 10.2. The normalized spacial score (nSPS) is 11.1. The predicted molar refractivity (Wildman–Crippen MR) is 86.9 cm³/mol. The molecule has 3 rings (SSSR count). The van der Waals surface area contributed by atoms with Crippen molar-refractivity contribution in [2.24, 2.45) is 0 Å². The number of aromatic nitrogens is 5. The number of nitrogens with zero attached hydrogens (tertiary/aromatic N) is 5. The zero-order chi connectivity index (χ0) is 18.0. The number of aryl methyl sites for hydroxylation is 2. The van der Waals surface area contributed by atoms with Gasteiger partial charge in [0.15, 0.2) is 0 Å². The third-order valence-electron chi connectivity index (χ3n) is 3.90. The quantitative estimate of drug-likeness (QED) is 0.708. The summed E-state index contributed by atoms with van der Waals surface area (Å²) in [6.45, 7) is 5.74. The number of hydrogen-bond acceptors (Lipinski definition) is 5. The fourth-order valence-electron chi connectivity index (χ4n) is 2.24. The first-order valence-corrected chi connectivity index (χ1v) is 7.68. The SMILES string of the molecule is Cc1cnc(OCc2nnn(-c3cccc(C(F)F)c3)c2C)nc1C. The third-order valence-corrected chi connectivity index (χ3v) is 3.90. The molecule has 0 aliphatic rings. The van der Waals surface area contributed by atoms with Gasteiger partial charge in [-0.15, -0.1) is 5.10 Å². The van der Waals surface area contributed by atoms with Gasteiger partial charge in [0.25, 0.3) is 6.43 Å². The Balaban J connectivity index is 1.79. The molecule has 8 heteroatoms. The molecule has 0 atom stereocenters. The molecule has 3 aromatic rings. The Morgan fingerprint density at radius 1 is 1.20 bits per heavy atom. The topological polar surface area (TPSA) is 65.7 Å². The van der Waals surface area contributed by atoms with Crippen molar-refractivity contribution in [1.29, 1.82) is 0 Å². The molecule has 130 valence electrons. The van der Waals surface area contributed by atoms with Crippen LogP contribution in [0.15, 0.2) is 30.5 Å². The highest BCUT2D eigenvalue weighted by atomic mass is 19.3. The summed E-state index contributed by atoms with van der Waals surface area (Å²) >= 11 is 0. The van der Waals surface area contributed by atoms with E-state index in [1.807, 2.05) is 13.8 Å². The lowest BCUT2D eigenvalue weighted by Gasteiger charge is -2.07. The van der Waals surface area contributed by atoms with Gasteiger partial charge in [0, 0.05) is 17.5 Å². The predicted octanol–water partition coefficient (Wildman–Crippen LogP) is 3.50. The summed E-state index contributed by atoms with van der Waals surface area (Å²) in [6.07, 6.45) is -0.842. The van der Waals surface area contributed by atoms with E-state index >= 15 is 0 Å². The Kier molecular flexibility index (Phi) is 4.69. The molecule has 2 aromatic heterocycles. The molecule has 0 N–H and O–H groups in total. The molecule has 0 radical (unpaired) electrons. The highest BCUT2D eigenvalue weighted by Crippen LogP contribution is 2.22. The second-order valence-corrected chi connectivity index (χ2v) is 5.64. The Hall–Kier alpha value is -2.90. The van der Waals surface area contributed by atoms with Crippen molar-refractivity contribution >= 4 is 0 Å². The lowest BCUT2D eigenvalue weighted by Crippen LogP contribution is -2.04. The Morgan fingerprint density at radius 3 is 2.72 bits per heavy atom. The summed E-state index contributed by atoms with van der Waals surface area (Å²) in [5.41, 5.74) is 3.58. The molecule has 0 spiro atoms. The van der Waals surface area contributed by atoms with Crippen LogP contribution < -0.4 is 4.74 Å². The number of benzene rings is 1. The minimum Gasteiger partial charge on any atom is -0.457 e. The maximum Gasteiger partial charge on any atom is 0.316 e. The van der Waals surface area contributed by atoms with E-state index in [4.69, 9.17) is 4.74 Å². The van der Waals surface area contributed by atoms with Crippen LogP contribution in [0.1, 0.15) is 34.6 Å². The lowest BCUT2D eigenvalue weighted by molar-refractivity contribution is 0.151. The fourth-order valence-corrected chi connectivity index (χ4v) is 2.24. The smallest absolute Gasteiger partial charge is 0.316 e. The van der Waals surface area contributed by atoms with E-state index < -0.39 is 6.43 Å². The van der Waals surface area contributed by atoms with Crippen molar-refractivity contribution in [1.82, 2.24) is 25.0 Å². The molecule has 0 saturated heterocycles. The molecule has 6 nitrogen and oxygen atoms in total. The van der Waals surface area contributed by atoms with Crippen LogP contribution in [0.3, 0.4) is 0 Å². The molecule has 25 heavy (non-hydrogen) atoms. The second kappa shape index (κ2) is 6.92. The van der Waals surface area contributed by atoms with Gasteiger partial charge in [0.05, 0.1) is 11.4 Å². The molecule has 0 aliphatic carbocycles. The number of halogens is 2. The van der Waals surface area contributed by atoms with Gasteiger partial charge in [-0.3, -0.25) is 0 Å². The van der Waals surface area contributed by atoms with Crippen LogP contribution in [0, 0.1) is 20.8 Å². The van der Waals surface area contributed by atoms with Crippen molar-refractivity contribution < 1.29 is 13.5 Å². The molecule has 0 aliphatic heterocycles. The summed E-state index contributed by atoms with van der Waals surface area (Å²) in [6, 6.07) is 6.30. The maximum atomic E-state index is 12.9. The third kappa shape index (κ3) is 3.62. The van der Waals surface area contributed by atoms with Gasteiger partial charge in [-0.2, -0.15) is 0 Å². The van der Waals surface area contributed by atoms with E-state index in [1.54, 1.807) is 25.3 Å². The number of alkyl halides is 2. The molecular formula is C17H17F2N5O. The van der Waals surface area contributed by atoms with Gasteiger partial charge in [0.2, 0.25) is 0 Å². The zero-order valence-corrected chi connectivity index (χ0v) is 14.1. The minimum absolute atomic E-state index is 0.0614. The van der Waals surface area contributed by atoms with Gasteiger partial charge in [-0.05, 0) is 38.5 Å². The maximum absolute atomic E-state index is 12.9. The van der Waals surface area contributed by atoms with E-state index in [2.05, 4.69) is 20.3 Å². The van der Waals surface area contributed by atoms with Crippen LogP contribution in [-0.4, -0.2) is 25.0 Å². The molecule has 2 heterocycles. The Bertz CT molecular complexity index is 894. The summed E-state index contributed by atoms with van der Waals surface area (Å²) < 4.78 is 32.8. The van der Waals surface area contributed by atoms with E-state index in [0.717, 1.165) is 11.3 Å². The Labute approximate surface area is 143 Å². The van der Waals surface area contributed by atoms with Crippen molar-refractivity contribution in [3.05, 3.63) is 58.7 Å². The number of hydrogen-bond donors (Lipinski definition) is 0. The summed E-state index contributed by atoms with van der Waals surface area (Å²) in [7, 11) is 0. The van der Waals surface area contributed by atoms with Gasteiger partial charge < -0.3 is 4.74 Å². The van der Waals surface area contributed by atoms with E-state index in [0.29, 0.717) is 17.1 Å². The van der Waals surface area contributed by atoms with Gasteiger partial charge in [-0.1, -0.05) is 17.3 Å². The van der Waals surface area contributed by atoms with Gasteiger partial charge in [-0.25, -0.2) is 23.4 Å². The fraction of sp³-hybridized carbons (Fsp3) is 0.294. The van der Waals surface area contributed by atoms with Crippen LogP contribution in [0.25, 0.3) is 5.69 Å². The van der Waals surface area contributed by atoms with Crippen molar-refractivity contribution in [2.45, 2.75) is 33.8 Å². The highest BCUT2D eigenvalue weighted by molar-refractivity contribution is 5.37. The molecule has 0 bridgehead atoms. The molecule has 0 saturated carbocycles. The minimum atomic E-state index is -2.53. The van der Waals surface area contributed by atoms with Gasteiger partial charge >= 0.3 is 6.01 Å². The van der Waals surface area contributed by atoms with Crippen molar-refractivity contribution in [3.63, 3.8) is 0 Å². The average Bonchev–Trinajstić information content (AvgIpc) is 2.97.